The van der Waals surface area contributed by atoms with Crippen LogP contribution in [0.1, 0.15) is 38.4 Å². The highest BCUT2D eigenvalue weighted by molar-refractivity contribution is 9.10. The number of hydrazine groups is 1. The average molecular weight is 305 g/mol. The van der Waals surface area contributed by atoms with Crippen LogP contribution in [0, 0.1) is 0 Å². The average Bonchev–Trinajstić information content (AvgIpc) is 2.71. The summed E-state index contributed by atoms with van der Waals surface area (Å²) in [5.41, 5.74) is 3.90. The van der Waals surface area contributed by atoms with Gasteiger partial charge >= 0.3 is 0 Å². The first-order valence-electron chi connectivity index (χ1n) is 5.99. The van der Waals surface area contributed by atoms with Gasteiger partial charge in [0.1, 0.15) is 0 Å². The maximum atomic E-state index is 5.60. The molecule has 0 aliphatic carbocycles. The molecule has 0 aliphatic heterocycles. The molecule has 5 nitrogen and oxygen atoms in total. The number of nitrogens with zero attached hydrogens (tertiary/aromatic N) is 2. The molecule has 6 heteroatoms. The van der Waals surface area contributed by atoms with E-state index >= 15 is 0 Å². The van der Waals surface area contributed by atoms with E-state index in [2.05, 4.69) is 40.3 Å². The van der Waals surface area contributed by atoms with Gasteiger partial charge in [0.2, 0.25) is 0 Å². The van der Waals surface area contributed by atoms with Gasteiger partial charge in [-0.25, -0.2) is 0 Å². The van der Waals surface area contributed by atoms with E-state index < -0.39 is 0 Å². The fourth-order valence-electron chi connectivity index (χ4n) is 1.72. The van der Waals surface area contributed by atoms with E-state index in [1.54, 1.807) is 6.20 Å². The molecule has 1 rings (SSSR count). The molecule has 1 heterocycles. The lowest BCUT2D eigenvalue weighted by Crippen LogP contribution is -2.31. The van der Waals surface area contributed by atoms with Gasteiger partial charge in [0, 0.05) is 19.8 Å². The van der Waals surface area contributed by atoms with Crippen LogP contribution >= 0.6 is 15.9 Å². The SMILES string of the molecule is CCCOCCC(NN)c1c(Br)cnn1CC. The first-order chi connectivity index (χ1) is 8.24. The summed E-state index contributed by atoms with van der Waals surface area (Å²) in [5.74, 6) is 5.60. The lowest BCUT2D eigenvalue weighted by atomic mass is 10.1. The fourth-order valence-corrected chi connectivity index (χ4v) is 2.29. The van der Waals surface area contributed by atoms with Crippen molar-refractivity contribution in [3.63, 3.8) is 0 Å². The van der Waals surface area contributed by atoms with Crippen molar-refractivity contribution in [1.29, 1.82) is 0 Å². The molecule has 1 unspecified atom stereocenters. The van der Waals surface area contributed by atoms with Crippen LogP contribution in [0.15, 0.2) is 10.7 Å². The summed E-state index contributed by atoms with van der Waals surface area (Å²) >= 11 is 3.50. The molecule has 0 bridgehead atoms. The van der Waals surface area contributed by atoms with Crippen molar-refractivity contribution in [3.8, 4) is 0 Å². The van der Waals surface area contributed by atoms with Gasteiger partial charge in [0.05, 0.1) is 22.4 Å². The molecule has 1 atom stereocenters. The van der Waals surface area contributed by atoms with Crippen molar-refractivity contribution in [2.24, 2.45) is 5.84 Å². The molecule has 0 radical (unpaired) electrons. The van der Waals surface area contributed by atoms with Gasteiger partial charge in [0.15, 0.2) is 0 Å². The Morgan fingerprint density at radius 1 is 1.53 bits per heavy atom. The van der Waals surface area contributed by atoms with Crippen molar-refractivity contribution in [1.82, 2.24) is 15.2 Å². The first-order valence-corrected chi connectivity index (χ1v) is 6.78. The third-order valence-electron chi connectivity index (χ3n) is 2.56. The van der Waals surface area contributed by atoms with E-state index in [9.17, 15) is 0 Å². The normalized spacial score (nSPS) is 12.9. The number of hydrogen-bond acceptors (Lipinski definition) is 4. The topological polar surface area (TPSA) is 65.1 Å². The summed E-state index contributed by atoms with van der Waals surface area (Å²) in [6.45, 7) is 6.48. The molecule has 0 saturated carbocycles. The van der Waals surface area contributed by atoms with Crippen molar-refractivity contribution in [2.75, 3.05) is 13.2 Å². The Morgan fingerprint density at radius 2 is 2.29 bits per heavy atom. The Kier molecular flexibility index (Phi) is 6.72. The molecule has 0 amide bonds. The number of aromatic nitrogens is 2. The molecule has 1 aromatic rings. The number of hydrogen-bond donors (Lipinski definition) is 2. The second-order valence-electron chi connectivity index (χ2n) is 3.81. The predicted octanol–water partition coefficient (Wildman–Crippen LogP) is 1.99. The Labute approximate surface area is 111 Å². The largest absolute Gasteiger partial charge is 0.381 e. The summed E-state index contributed by atoms with van der Waals surface area (Å²) in [7, 11) is 0. The monoisotopic (exact) mass is 304 g/mol. The minimum atomic E-state index is 0.0590. The molecule has 0 aliphatic rings. The third kappa shape index (κ3) is 4.06. The molecule has 98 valence electrons. The Bertz CT molecular complexity index is 329. The van der Waals surface area contributed by atoms with E-state index in [0.29, 0.717) is 6.61 Å². The number of rotatable bonds is 8. The van der Waals surface area contributed by atoms with Crippen LogP contribution in [0.5, 0.6) is 0 Å². The lowest BCUT2D eigenvalue weighted by Gasteiger charge is -2.18. The van der Waals surface area contributed by atoms with Crippen molar-refractivity contribution in [3.05, 3.63) is 16.4 Å². The van der Waals surface area contributed by atoms with Gasteiger partial charge in [-0.05, 0) is 35.7 Å². The van der Waals surface area contributed by atoms with Gasteiger partial charge in [0.25, 0.3) is 0 Å². The molecule has 0 spiro atoms. The van der Waals surface area contributed by atoms with Gasteiger partial charge in [-0.1, -0.05) is 6.92 Å². The van der Waals surface area contributed by atoms with Crippen LogP contribution in [0.4, 0.5) is 0 Å². The zero-order valence-corrected chi connectivity index (χ0v) is 12.0. The number of nitrogens with two attached hydrogens (primary N) is 1. The highest BCUT2D eigenvalue weighted by atomic mass is 79.9. The predicted molar refractivity (Wildman–Crippen MR) is 71.4 cm³/mol. The lowest BCUT2D eigenvalue weighted by molar-refractivity contribution is 0.123. The van der Waals surface area contributed by atoms with Crippen molar-refractivity contribution >= 4 is 15.9 Å². The van der Waals surface area contributed by atoms with Crippen LogP contribution in [0.3, 0.4) is 0 Å². The molecule has 17 heavy (non-hydrogen) atoms. The molecule has 0 fully saturated rings. The summed E-state index contributed by atoms with van der Waals surface area (Å²) < 4.78 is 8.41. The molecular weight excluding hydrogens is 284 g/mol. The number of nitrogens with one attached hydrogen (secondary N) is 1. The zero-order chi connectivity index (χ0) is 12.7. The van der Waals surface area contributed by atoms with Crippen molar-refractivity contribution in [2.45, 2.75) is 39.3 Å². The highest BCUT2D eigenvalue weighted by Crippen LogP contribution is 2.25. The molecule has 0 saturated heterocycles. The minimum absolute atomic E-state index is 0.0590. The molecule has 3 N–H and O–H groups in total. The van der Waals surface area contributed by atoms with Gasteiger partial charge in [-0.15, -0.1) is 0 Å². The maximum absolute atomic E-state index is 5.60. The van der Waals surface area contributed by atoms with Crippen molar-refractivity contribution < 1.29 is 4.74 Å². The van der Waals surface area contributed by atoms with Gasteiger partial charge in [-0.2, -0.15) is 5.10 Å². The molecular formula is C11H21BrN4O. The van der Waals surface area contributed by atoms with E-state index in [1.165, 1.54) is 0 Å². The van der Waals surface area contributed by atoms with E-state index in [1.807, 2.05) is 4.68 Å². The fraction of sp³-hybridized carbons (Fsp3) is 0.727. The number of halogens is 1. The summed E-state index contributed by atoms with van der Waals surface area (Å²) in [6, 6.07) is 0.0590. The summed E-state index contributed by atoms with van der Waals surface area (Å²) in [6.07, 6.45) is 3.67. The maximum Gasteiger partial charge on any atom is 0.0709 e. The van der Waals surface area contributed by atoms with Crippen LogP contribution < -0.4 is 11.3 Å². The summed E-state index contributed by atoms with van der Waals surface area (Å²) in [4.78, 5) is 0. The van der Waals surface area contributed by atoms with Gasteiger partial charge < -0.3 is 4.74 Å². The number of ether oxygens (including phenoxy) is 1. The van der Waals surface area contributed by atoms with E-state index in [4.69, 9.17) is 10.6 Å². The van der Waals surface area contributed by atoms with Gasteiger partial charge in [-0.3, -0.25) is 16.0 Å². The molecule has 1 aromatic heterocycles. The van der Waals surface area contributed by atoms with Crippen LogP contribution in [-0.2, 0) is 11.3 Å². The molecule has 0 aromatic carbocycles. The third-order valence-corrected chi connectivity index (χ3v) is 3.17. The Morgan fingerprint density at radius 3 is 2.88 bits per heavy atom. The highest BCUT2D eigenvalue weighted by Gasteiger charge is 2.18. The van der Waals surface area contributed by atoms with Crippen LogP contribution in [-0.4, -0.2) is 23.0 Å². The second-order valence-corrected chi connectivity index (χ2v) is 4.67. The smallest absolute Gasteiger partial charge is 0.0709 e. The number of aryl methyl sites for hydroxylation is 1. The standard InChI is InChI=1S/C11H21BrN4O/c1-3-6-17-7-5-10(15-13)11-9(12)8-14-16(11)4-2/h8,10,15H,3-7,13H2,1-2H3. The summed E-state index contributed by atoms with van der Waals surface area (Å²) in [5, 5.41) is 4.28. The Hall–Kier alpha value is -0.430. The Balaban J connectivity index is 2.62. The minimum Gasteiger partial charge on any atom is -0.381 e. The zero-order valence-electron chi connectivity index (χ0n) is 10.4. The second kappa shape index (κ2) is 7.81. The first kappa shape index (κ1) is 14.6. The quantitative estimate of drug-likeness (QED) is 0.438. The van der Waals surface area contributed by atoms with Crippen LogP contribution in [0.2, 0.25) is 0 Å². The van der Waals surface area contributed by atoms with E-state index in [0.717, 1.165) is 36.2 Å². The van der Waals surface area contributed by atoms with Crippen LogP contribution in [0.25, 0.3) is 0 Å². The van der Waals surface area contributed by atoms with E-state index in [-0.39, 0.29) is 6.04 Å².